The van der Waals surface area contributed by atoms with Crippen LogP contribution in [0.25, 0.3) is 22.0 Å². The van der Waals surface area contributed by atoms with E-state index in [1.165, 1.54) is 12.1 Å². The van der Waals surface area contributed by atoms with Gasteiger partial charge in [0.15, 0.2) is 5.78 Å². The number of carbonyl (C=O) groups excluding carboxylic acids is 1. The van der Waals surface area contributed by atoms with E-state index in [4.69, 9.17) is 28.9 Å². The van der Waals surface area contributed by atoms with Gasteiger partial charge in [-0.2, -0.15) is 0 Å². The molecule has 3 heterocycles. The first-order chi connectivity index (χ1) is 23.5. The lowest BCUT2D eigenvalue weighted by Crippen LogP contribution is -2.54. The molecule has 0 aliphatic carbocycles. The summed E-state index contributed by atoms with van der Waals surface area (Å²) in [7, 11) is 0. The van der Waals surface area contributed by atoms with Crippen LogP contribution in [0.3, 0.4) is 0 Å². The van der Waals surface area contributed by atoms with Gasteiger partial charge in [-0.3, -0.25) is 14.6 Å². The van der Waals surface area contributed by atoms with Crippen molar-refractivity contribution in [1.29, 1.82) is 0 Å². The standard InChI is InChI=1S/C37H42Cl2F3N5O2/c38-32-4-3-5-33(39)31(32)24-46-20-18-45(19-21-46)23-26-7-12-34-29(22-26)30(27-8-10-28(11-9-27)49-37(40,41)42)25-47(34)17-2-1-6-35(48)36(43)13-15-44-16-14-36/h3-5,7-12,22,25,44H,1-2,6,13-21,23-24,43H2. The third-order valence-corrected chi connectivity index (χ3v) is 10.5. The predicted octanol–water partition coefficient (Wildman–Crippen LogP) is 7.65. The molecule has 3 N–H and O–H groups in total. The Morgan fingerprint density at radius 1 is 0.898 bits per heavy atom. The average molecular weight is 717 g/mol. The third-order valence-electron chi connectivity index (χ3n) is 9.76. The maximum Gasteiger partial charge on any atom is 0.573 e. The zero-order valence-corrected chi connectivity index (χ0v) is 28.9. The van der Waals surface area contributed by atoms with Crippen molar-refractivity contribution in [3.63, 3.8) is 0 Å². The van der Waals surface area contributed by atoms with Gasteiger partial charge in [0.2, 0.25) is 0 Å². The summed E-state index contributed by atoms with van der Waals surface area (Å²) >= 11 is 12.8. The highest BCUT2D eigenvalue weighted by atomic mass is 35.5. The van der Waals surface area contributed by atoms with Crippen molar-refractivity contribution in [3.8, 4) is 16.9 Å². The minimum absolute atomic E-state index is 0.131. The number of ketones is 1. The lowest BCUT2D eigenvalue weighted by Gasteiger charge is -2.35. The molecule has 0 bridgehead atoms. The highest BCUT2D eigenvalue weighted by Gasteiger charge is 2.34. The Kier molecular flexibility index (Phi) is 11.2. The van der Waals surface area contributed by atoms with Gasteiger partial charge in [-0.15, -0.1) is 13.2 Å². The highest BCUT2D eigenvalue weighted by molar-refractivity contribution is 6.36. The summed E-state index contributed by atoms with van der Waals surface area (Å²) < 4.78 is 44.7. The van der Waals surface area contributed by atoms with Crippen LogP contribution in [0.5, 0.6) is 5.75 Å². The molecule has 6 rings (SSSR count). The largest absolute Gasteiger partial charge is 0.573 e. The maximum atomic E-state index is 12.9. The van der Waals surface area contributed by atoms with Crippen molar-refractivity contribution >= 4 is 39.9 Å². The molecule has 0 radical (unpaired) electrons. The number of aryl methyl sites for hydroxylation is 1. The number of aromatic nitrogens is 1. The number of unbranched alkanes of at least 4 members (excludes halogenated alkanes) is 1. The van der Waals surface area contributed by atoms with E-state index in [2.05, 4.69) is 48.8 Å². The number of ether oxygens (including phenoxy) is 1. The molecule has 4 aromatic rings. The number of carbonyl (C=O) groups is 1. The number of benzene rings is 3. The molecule has 2 aliphatic heterocycles. The van der Waals surface area contributed by atoms with Crippen LogP contribution in [0, 0.1) is 0 Å². The van der Waals surface area contributed by atoms with E-state index in [-0.39, 0.29) is 11.5 Å². The van der Waals surface area contributed by atoms with Crippen molar-refractivity contribution in [1.82, 2.24) is 19.7 Å². The molecule has 7 nitrogen and oxygen atoms in total. The summed E-state index contributed by atoms with van der Waals surface area (Å²) in [6.45, 7) is 7.29. The fourth-order valence-corrected chi connectivity index (χ4v) is 7.45. The van der Waals surface area contributed by atoms with Gasteiger partial charge in [-0.25, -0.2) is 0 Å². The molecule has 1 aromatic heterocycles. The molecule has 0 unspecified atom stereocenters. The lowest BCUT2D eigenvalue weighted by atomic mass is 9.83. The number of alkyl halides is 3. The summed E-state index contributed by atoms with van der Waals surface area (Å²) in [6, 6.07) is 18.1. The Balaban J connectivity index is 1.15. The van der Waals surface area contributed by atoms with E-state index in [9.17, 15) is 18.0 Å². The second kappa shape index (κ2) is 15.4. The first-order valence-electron chi connectivity index (χ1n) is 16.9. The van der Waals surface area contributed by atoms with Crippen LogP contribution in [-0.4, -0.2) is 71.3 Å². The Labute approximate surface area is 295 Å². The van der Waals surface area contributed by atoms with Crippen molar-refractivity contribution < 1.29 is 22.7 Å². The fourth-order valence-electron chi connectivity index (χ4n) is 6.93. The number of piperidine rings is 1. The van der Waals surface area contributed by atoms with Gasteiger partial charge in [-0.1, -0.05) is 47.5 Å². The molecule has 0 amide bonds. The smallest absolute Gasteiger partial charge is 0.406 e. The van der Waals surface area contributed by atoms with Gasteiger partial charge in [0.05, 0.1) is 5.54 Å². The molecule has 2 fully saturated rings. The summed E-state index contributed by atoms with van der Waals surface area (Å²) in [5.74, 6) is -0.126. The van der Waals surface area contributed by atoms with Gasteiger partial charge in [0.25, 0.3) is 0 Å². The van der Waals surface area contributed by atoms with Crippen LogP contribution in [-0.2, 0) is 24.4 Å². The van der Waals surface area contributed by atoms with E-state index in [1.807, 2.05) is 18.2 Å². The van der Waals surface area contributed by atoms with Gasteiger partial charge >= 0.3 is 6.36 Å². The van der Waals surface area contributed by atoms with Crippen LogP contribution < -0.4 is 15.8 Å². The number of nitrogens with zero attached hydrogens (tertiary/aromatic N) is 3. The fraction of sp³-hybridized carbons (Fsp3) is 0.432. The summed E-state index contributed by atoms with van der Waals surface area (Å²) in [6.07, 6.45) is 0.624. The number of nitrogens with two attached hydrogens (primary N) is 1. The highest BCUT2D eigenvalue weighted by Crippen LogP contribution is 2.34. The van der Waals surface area contributed by atoms with Crippen LogP contribution in [0.2, 0.25) is 10.0 Å². The molecule has 3 aromatic carbocycles. The van der Waals surface area contributed by atoms with E-state index in [0.717, 1.165) is 91.8 Å². The number of piperazine rings is 1. The Morgan fingerprint density at radius 2 is 1.55 bits per heavy atom. The number of hydrogen-bond donors (Lipinski definition) is 2. The molecular formula is C37H42Cl2F3N5O2. The van der Waals surface area contributed by atoms with Crippen molar-refractivity contribution in [2.75, 3.05) is 39.3 Å². The molecule has 0 spiro atoms. The molecule has 49 heavy (non-hydrogen) atoms. The van der Waals surface area contributed by atoms with Crippen LogP contribution in [0.4, 0.5) is 13.2 Å². The molecule has 0 saturated carbocycles. The van der Waals surface area contributed by atoms with Crippen molar-refractivity contribution in [3.05, 3.63) is 88.0 Å². The van der Waals surface area contributed by atoms with E-state index < -0.39 is 11.9 Å². The van der Waals surface area contributed by atoms with Gasteiger partial charge in [0, 0.05) is 90.5 Å². The quantitative estimate of drug-likeness (QED) is 0.147. The summed E-state index contributed by atoms with van der Waals surface area (Å²) in [5, 5.41) is 5.66. The first-order valence-corrected chi connectivity index (χ1v) is 17.6. The summed E-state index contributed by atoms with van der Waals surface area (Å²) in [5.41, 5.74) is 10.6. The number of hydrogen-bond acceptors (Lipinski definition) is 6. The molecular weight excluding hydrogens is 674 g/mol. The first kappa shape index (κ1) is 35.7. The monoisotopic (exact) mass is 715 g/mol. The zero-order valence-electron chi connectivity index (χ0n) is 27.4. The molecule has 0 atom stereocenters. The average Bonchev–Trinajstić information content (AvgIpc) is 3.43. The number of rotatable bonds is 12. The predicted molar refractivity (Wildman–Crippen MR) is 189 cm³/mol. The molecule has 2 aliphatic rings. The van der Waals surface area contributed by atoms with Crippen molar-refractivity contribution in [2.24, 2.45) is 5.73 Å². The van der Waals surface area contributed by atoms with Crippen LogP contribution in [0.15, 0.2) is 66.9 Å². The van der Waals surface area contributed by atoms with Crippen LogP contribution in [0.1, 0.15) is 43.2 Å². The number of fused-ring (bicyclic) bond motifs is 1. The van der Waals surface area contributed by atoms with Gasteiger partial charge < -0.3 is 20.4 Å². The second-order valence-electron chi connectivity index (χ2n) is 13.2. The van der Waals surface area contributed by atoms with Crippen LogP contribution >= 0.6 is 23.2 Å². The lowest BCUT2D eigenvalue weighted by molar-refractivity contribution is -0.274. The molecule has 2 saturated heterocycles. The number of nitrogens with one attached hydrogen (secondary N) is 1. The Hall–Kier alpha value is -3.12. The maximum absolute atomic E-state index is 12.9. The number of halogens is 5. The van der Waals surface area contributed by atoms with Crippen molar-refractivity contribution in [2.45, 2.75) is 63.6 Å². The van der Waals surface area contributed by atoms with Gasteiger partial charge in [-0.05, 0) is 86.3 Å². The minimum atomic E-state index is -4.75. The number of Topliss-reactive ketones (excluding diaryl/α,β-unsaturated/α-hetero) is 1. The third kappa shape index (κ3) is 8.98. The van der Waals surface area contributed by atoms with E-state index >= 15 is 0 Å². The zero-order chi connectivity index (χ0) is 34.6. The molecule has 262 valence electrons. The second-order valence-corrected chi connectivity index (χ2v) is 14.0. The topological polar surface area (TPSA) is 75.8 Å². The van der Waals surface area contributed by atoms with Gasteiger partial charge in [0.1, 0.15) is 5.75 Å². The SMILES string of the molecule is NC1(C(=O)CCCCn2cc(-c3ccc(OC(F)(F)F)cc3)c3cc(CN4CCN(Cc5c(Cl)cccc5Cl)CC4)ccc32)CCNCC1. The normalized spacial score (nSPS) is 17.4. The van der Waals surface area contributed by atoms with E-state index in [0.29, 0.717) is 42.4 Å². The Bertz CT molecular complexity index is 1730. The van der Waals surface area contributed by atoms with E-state index in [1.54, 1.807) is 12.1 Å². The summed E-state index contributed by atoms with van der Waals surface area (Å²) in [4.78, 5) is 17.7. The minimum Gasteiger partial charge on any atom is -0.406 e. The molecule has 12 heteroatoms. The Morgan fingerprint density at radius 3 is 2.20 bits per heavy atom.